The first kappa shape index (κ1) is 12.7. The molecule has 0 heterocycles. The van der Waals surface area contributed by atoms with Crippen molar-refractivity contribution in [3.63, 3.8) is 0 Å². The second kappa shape index (κ2) is 5.29. The highest BCUT2D eigenvalue weighted by Gasteiger charge is 2.41. The topological polar surface area (TPSA) is 35.5 Å². The molecule has 1 aliphatic carbocycles. The average molecular weight is 244 g/mol. The Morgan fingerprint density at radius 3 is 2.39 bits per heavy atom. The molecule has 2 rings (SSSR count). The quantitative estimate of drug-likeness (QED) is 0.603. The molecule has 0 saturated carbocycles. The fourth-order valence-corrected chi connectivity index (χ4v) is 2.13. The maximum absolute atomic E-state index is 12.5. The summed E-state index contributed by atoms with van der Waals surface area (Å²) in [6.45, 7) is 0. The lowest BCUT2D eigenvalue weighted by molar-refractivity contribution is -0.185. The Hall–Kier alpha value is -1.71. The van der Waals surface area contributed by atoms with Crippen LogP contribution < -0.4 is 0 Å². The van der Waals surface area contributed by atoms with E-state index in [4.69, 9.17) is 9.47 Å². The van der Waals surface area contributed by atoms with Crippen LogP contribution >= 0.6 is 0 Å². The molecule has 0 aliphatic heterocycles. The highest BCUT2D eigenvalue weighted by molar-refractivity contribution is 6.00. The predicted octanol–water partition coefficient (Wildman–Crippen LogP) is 2.60. The molecule has 0 aromatic heterocycles. The monoisotopic (exact) mass is 244 g/mol. The summed E-state index contributed by atoms with van der Waals surface area (Å²) in [5.74, 6) is -1.50. The summed E-state index contributed by atoms with van der Waals surface area (Å²) < 4.78 is 10.8. The van der Waals surface area contributed by atoms with Crippen LogP contribution in [0.3, 0.4) is 0 Å². The molecule has 1 aromatic carbocycles. The van der Waals surface area contributed by atoms with Crippen LogP contribution in [-0.4, -0.2) is 25.8 Å². The van der Waals surface area contributed by atoms with Crippen LogP contribution in [0.2, 0.25) is 0 Å². The minimum Gasteiger partial charge on any atom is -0.349 e. The van der Waals surface area contributed by atoms with E-state index in [0.717, 1.165) is 0 Å². The van der Waals surface area contributed by atoms with Crippen LogP contribution in [0.4, 0.5) is 0 Å². The smallest absolute Gasteiger partial charge is 0.201 e. The van der Waals surface area contributed by atoms with Gasteiger partial charge in [-0.15, -0.1) is 0 Å². The summed E-state index contributed by atoms with van der Waals surface area (Å²) in [6, 6.07) is 9.16. The van der Waals surface area contributed by atoms with E-state index in [1.54, 1.807) is 18.2 Å². The standard InChI is InChI=1S/C15H16O3/c1-17-15(18-2)11-7-6-10-13(15)14(16)12-8-4-3-5-9-12/h3-11,13H,1-2H3. The van der Waals surface area contributed by atoms with Crippen molar-refractivity contribution in [2.45, 2.75) is 5.79 Å². The van der Waals surface area contributed by atoms with Gasteiger partial charge >= 0.3 is 0 Å². The van der Waals surface area contributed by atoms with Crippen molar-refractivity contribution >= 4 is 5.78 Å². The van der Waals surface area contributed by atoms with Crippen molar-refractivity contribution in [1.29, 1.82) is 0 Å². The summed E-state index contributed by atoms with van der Waals surface area (Å²) in [5.41, 5.74) is 0.654. The lowest BCUT2D eigenvalue weighted by Gasteiger charge is -2.34. The Balaban J connectivity index is 2.34. The van der Waals surface area contributed by atoms with Gasteiger partial charge < -0.3 is 9.47 Å². The largest absolute Gasteiger partial charge is 0.349 e. The third-order valence-electron chi connectivity index (χ3n) is 3.16. The molecule has 0 radical (unpaired) electrons. The molecule has 1 aliphatic rings. The molecular formula is C15H16O3. The Bertz CT molecular complexity index is 470. The molecule has 0 N–H and O–H groups in total. The number of ether oxygens (including phenoxy) is 2. The third-order valence-corrected chi connectivity index (χ3v) is 3.16. The lowest BCUT2D eigenvalue weighted by Crippen LogP contribution is -2.44. The summed E-state index contributed by atoms with van der Waals surface area (Å²) in [4.78, 5) is 12.5. The molecule has 18 heavy (non-hydrogen) atoms. The van der Waals surface area contributed by atoms with Gasteiger partial charge in [-0.05, 0) is 6.08 Å². The molecule has 1 atom stereocenters. The molecular weight excluding hydrogens is 228 g/mol. The number of ketones is 1. The summed E-state index contributed by atoms with van der Waals surface area (Å²) in [7, 11) is 3.08. The molecule has 0 bridgehead atoms. The van der Waals surface area contributed by atoms with Gasteiger partial charge in [-0.2, -0.15) is 0 Å². The van der Waals surface area contributed by atoms with Crippen LogP contribution in [0, 0.1) is 5.92 Å². The van der Waals surface area contributed by atoms with Crippen molar-refractivity contribution in [1.82, 2.24) is 0 Å². The van der Waals surface area contributed by atoms with Crippen molar-refractivity contribution in [3.8, 4) is 0 Å². The van der Waals surface area contributed by atoms with Crippen LogP contribution in [-0.2, 0) is 9.47 Å². The molecule has 94 valence electrons. The number of methoxy groups -OCH3 is 2. The molecule has 0 amide bonds. The first-order valence-corrected chi connectivity index (χ1v) is 5.79. The second-order valence-electron chi connectivity index (χ2n) is 4.08. The van der Waals surface area contributed by atoms with Gasteiger partial charge in [-0.3, -0.25) is 4.79 Å². The summed E-state index contributed by atoms with van der Waals surface area (Å²) in [6.07, 6.45) is 7.23. The van der Waals surface area contributed by atoms with Gasteiger partial charge in [-0.1, -0.05) is 48.6 Å². The molecule has 3 nitrogen and oxygen atoms in total. The number of carbonyl (C=O) groups excluding carboxylic acids is 1. The van der Waals surface area contributed by atoms with Crippen molar-refractivity contribution in [3.05, 3.63) is 60.2 Å². The normalized spacial score (nSPS) is 20.9. The van der Waals surface area contributed by atoms with Crippen molar-refractivity contribution in [2.24, 2.45) is 5.92 Å². The van der Waals surface area contributed by atoms with Gasteiger partial charge in [0.1, 0.15) is 0 Å². The minimum absolute atomic E-state index is 0.0140. The van der Waals surface area contributed by atoms with Gasteiger partial charge in [0.05, 0.1) is 5.92 Å². The molecule has 1 unspecified atom stereocenters. The fraction of sp³-hybridized carbons (Fsp3) is 0.267. The number of benzene rings is 1. The van der Waals surface area contributed by atoms with Crippen LogP contribution in [0.25, 0.3) is 0 Å². The fourth-order valence-electron chi connectivity index (χ4n) is 2.13. The molecule has 1 aromatic rings. The summed E-state index contributed by atoms with van der Waals surface area (Å²) in [5, 5.41) is 0. The predicted molar refractivity (Wildman–Crippen MR) is 69.3 cm³/mol. The molecule has 3 heteroatoms. The SMILES string of the molecule is COC1(OC)C=CC=CC1C(=O)c1ccccc1. The maximum Gasteiger partial charge on any atom is 0.201 e. The van der Waals surface area contributed by atoms with Crippen LogP contribution in [0.15, 0.2) is 54.6 Å². The van der Waals surface area contributed by atoms with E-state index in [9.17, 15) is 4.79 Å². The summed E-state index contributed by atoms with van der Waals surface area (Å²) >= 11 is 0. The number of rotatable bonds is 4. The molecule has 0 spiro atoms. The number of Topliss-reactive ketones (excluding diaryl/α,β-unsaturated/α-hetero) is 1. The first-order chi connectivity index (χ1) is 8.73. The van der Waals surface area contributed by atoms with E-state index < -0.39 is 11.7 Å². The van der Waals surface area contributed by atoms with E-state index in [-0.39, 0.29) is 5.78 Å². The van der Waals surface area contributed by atoms with Crippen LogP contribution in [0.5, 0.6) is 0 Å². The highest BCUT2D eigenvalue weighted by Crippen LogP contribution is 2.31. The Kier molecular flexibility index (Phi) is 3.75. The third kappa shape index (κ3) is 2.15. The second-order valence-corrected chi connectivity index (χ2v) is 4.08. The zero-order chi connectivity index (χ0) is 13.0. The van der Waals surface area contributed by atoms with Gasteiger partial charge in [0.2, 0.25) is 5.79 Å². The van der Waals surface area contributed by atoms with E-state index in [1.165, 1.54) is 14.2 Å². The number of allylic oxidation sites excluding steroid dienone is 2. The van der Waals surface area contributed by atoms with Crippen LogP contribution in [0.1, 0.15) is 10.4 Å². The Morgan fingerprint density at radius 1 is 1.11 bits per heavy atom. The lowest BCUT2D eigenvalue weighted by atomic mass is 9.86. The van der Waals surface area contributed by atoms with Crippen molar-refractivity contribution < 1.29 is 14.3 Å². The van der Waals surface area contributed by atoms with E-state index >= 15 is 0 Å². The number of carbonyl (C=O) groups is 1. The zero-order valence-corrected chi connectivity index (χ0v) is 10.5. The average Bonchev–Trinajstić information content (AvgIpc) is 2.47. The number of hydrogen-bond donors (Lipinski definition) is 0. The van der Waals surface area contributed by atoms with Gasteiger partial charge in [-0.25, -0.2) is 0 Å². The van der Waals surface area contributed by atoms with Gasteiger partial charge in [0.15, 0.2) is 5.78 Å². The van der Waals surface area contributed by atoms with Gasteiger partial charge in [0, 0.05) is 19.8 Å². The molecule has 0 fully saturated rings. The Morgan fingerprint density at radius 2 is 1.78 bits per heavy atom. The number of hydrogen-bond acceptors (Lipinski definition) is 3. The highest BCUT2D eigenvalue weighted by atomic mass is 16.7. The maximum atomic E-state index is 12.5. The first-order valence-electron chi connectivity index (χ1n) is 5.79. The molecule has 0 saturated heterocycles. The Labute approximate surface area is 107 Å². The van der Waals surface area contributed by atoms with E-state index in [2.05, 4.69) is 0 Å². The van der Waals surface area contributed by atoms with E-state index in [0.29, 0.717) is 5.56 Å². The van der Waals surface area contributed by atoms with E-state index in [1.807, 2.05) is 36.4 Å². The minimum atomic E-state index is -1.01. The zero-order valence-electron chi connectivity index (χ0n) is 10.5. The van der Waals surface area contributed by atoms with Gasteiger partial charge in [0.25, 0.3) is 0 Å². The van der Waals surface area contributed by atoms with Crippen molar-refractivity contribution in [2.75, 3.05) is 14.2 Å².